The number of hydrogen-bond donors (Lipinski definition) is 1. The molecule has 1 rings (SSSR count). The zero-order valence-electron chi connectivity index (χ0n) is 9.27. The molecule has 2 atom stereocenters. The summed E-state index contributed by atoms with van der Waals surface area (Å²) < 4.78 is 37.0. The maximum atomic E-state index is 12.3. The summed E-state index contributed by atoms with van der Waals surface area (Å²) in [5.74, 6) is 0.293. The van der Waals surface area contributed by atoms with Gasteiger partial charge in [0.2, 0.25) is 0 Å². The summed E-state index contributed by atoms with van der Waals surface area (Å²) in [5.41, 5.74) is 0. The van der Waals surface area contributed by atoms with Crippen molar-refractivity contribution in [3.05, 3.63) is 0 Å². The van der Waals surface area contributed by atoms with E-state index in [4.69, 9.17) is 0 Å². The van der Waals surface area contributed by atoms with Crippen molar-refractivity contribution in [3.63, 3.8) is 0 Å². The van der Waals surface area contributed by atoms with Gasteiger partial charge in [0.25, 0.3) is 0 Å². The highest BCUT2D eigenvalue weighted by Crippen LogP contribution is 2.23. The molecule has 1 aliphatic rings. The van der Waals surface area contributed by atoms with Crippen LogP contribution < -0.4 is 5.32 Å². The molecular formula is C10H19F3N2. The average Bonchev–Trinajstić information content (AvgIpc) is 2.14. The lowest BCUT2D eigenvalue weighted by Gasteiger charge is -2.38. The summed E-state index contributed by atoms with van der Waals surface area (Å²) in [6.45, 7) is 5.13. The minimum Gasteiger partial charge on any atom is -0.316 e. The van der Waals surface area contributed by atoms with Gasteiger partial charge in [-0.1, -0.05) is 13.8 Å². The largest absolute Gasteiger partial charge is 0.401 e. The summed E-state index contributed by atoms with van der Waals surface area (Å²) in [5, 5.41) is 3.20. The molecule has 90 valence electrons. The van der Waals surface area contributed by atoms with Crippen molar-refractivity contribution in [1.29, 1.82) is 0 Å². The Morgan fingerprint density at radius 3 is 2.53 bits per heavy atom. The van der Waals surface area contributed by atoms with Crippen molar-refractivity contribution in [3.8, 4) is 0 Å². The molecular weight excluding hydrogens is 205 g/mol. The monoisotopic (exact) mass is 224 g/mol. The van der Waals surface area contributed by atoms with Gasteiger partial charge in [0.15, 0.2) is 0 Å². The van der Waals surface area contributed by atoms with Crippen LogP contribution >= 0.6 is 0 Å². The van der Waals surface area contributed by atoms with Gasteiger partial charge in [0, 0.05) is 6.04 Å². The Bertz CT molecular complexity index is 194. The van der Waals surface area contributed by atoms with Gasteiger partial charge in [-0.2, -0.15) is 13.2 Å². The van der Waals surface area contributed by atoms with Gasteiger partial charge in [0.1, 0.15) is 0 Å². The van der Waals surface area contributed by atoms with E-state index in [9.17, 15) is 13.2 Å². The summed E-state index contributed by atoms with van der Waals surface area (Å²) in [7, 11) is 0. The normalized spacial score (nSPS) is 28.4. The highest BCUT2D eigenvalue weighted by atomic mass is 19.4. The number of piperidine rings is 1. The first-order valence-corrected chi connectivity index (χ1v) is 5.45. The Kier molecular flexibility index (Phi) is 4.40. The lowest BCUT2D eigenvalue weighted by atomic mass is 9.93. The Balaban J connectivity index is 2.56. The van der Waals surface area contributed by atoms with E-state index in [1.165, 1.54) is 0 Å². The molecule has 0 aliphatic carbocycles. The zero-order chi connectivity index (χ0) is 11.5. The number of alkyl halides is 3. The number of rotatable bonds is 3. The van der Waals surface area contributed by atoms with E-state index in [1.807, 2.05) is 6.92 Å². The molecule has 0 radical (unpaired) electrons. The Morgan fingerprint density at radius 1 is 1.40 bits per heavy atom. The Labute approximate surface area is 88.8 Å². The first-order valence-electron chi connectivity index (χ1n) is 5.45. The molecule has 1 N–H and O–H groups in total. The molecule has 0 aromatic carbocycles. The van der Waals surface area contributed by atoms with Crippen LogP contribution in [0.4, 0.5) is 13.2 Å². The van der Waals surface area contributed by atoms with E-state index in [0.717, 1.165) is 19.5 Å². The number of hydrogen-bond acceptors (Lipinski definition) is 2. The maximum absolute atomic E-state index is 12.3. The Morgan fingerprint density at radius 2 is 2.07 bits per heavy atom. The molecule has 1 fully saturated rings. The molecule has 0 aromatic rings. The van der Waals surface area contributed by atoms with Gasteiger partial charge in [-0.05, 0) is 32.0 Å². The molecule has 0 bridgehead atoms. The fourth-order valence-electron chi connectivity index (χ4n) is 2.24. The molecule has 1 heterocycles. The topological polar surface area (TPSA) is 15.3 Å². The molecule has 0 saturated carbocycles. The van der Waals surface area contributed by atoms with E-state index < -0.39 is 12.7 Å². The van der Waals surface area contributed by atoms with Gasteiger partial charge in [-0.25, -0.2) is 0 Å². The van der Waals surface area contributed by atoms with E-state index in [2.05, 4.69) is 5.32 Å². The Hall–Kier alpha value is -0.290. The second kappa shape index (κ2) is 5.16. The molecule has 2 unspecified atom stereocenters. The van der Waals surface area contributed by atoms with Crippen molar-refractivity contribution in [1.82, 2.24) is 10.2 Å². The maximum Gasteiger partial charge on any atom is 0.401 e. The fourth-order valence-corrected chi connectivity index (χ4v) is 2.24. The van der Waals surface area contributed by atoms with Gasteiger partial charge < -0.3 is 5.32 Å². The third-order valence-electron chi connectivity index (χ3n) is 3.00. The molecule has 2 nitrogen and oxygen atoms in total. The van der Waals surface area contributed by atoms with Crippen molar-refractivity contribution in [2.45, 2.75) is 32.5 Å². The van der Waals surface area contributed by atoms with Crippen LogP contribution in [-0.2, 0) is 0 Å². The number of halogens is 3. The summed E-state index contributed by atoms with van der Waals surface area (Å²) in [6, 6.07) is 0.0675. The predicted octanol–water partition coefficient (Wildman–Crippen LogP) is 1.87. The lowest BCUT2D eigenvalue weighted by Crippen LogP contribution is -2.51. The summed E-state index contributed by atoms with van der Waals surface area (Å²) in [4.78, 5) is 1.55. The summed E-state index contributed by atoms with van der Waals surface area (Å²) >= 11 is 0. The first kappa shape index (κ1) is 12.8. The summed E-state index contributed by atoms with van der Waals surface area (Å²) in [6.07, 6.45) is -3.27. The fraction of sp³-hybridized carbons (Fsp3) is 1.00. The van der Waals surface area contributed by atoms with Crippen LogP contribution in [-0.4, -0.2) is 43.3 Å². The molecule has 0 aromatic heterocycles. The van der Waals surface area contributed by atoms with E-state index >= 15 is 0 Å². The van der Waals surface area contributed by atoms with Crippen LogP contribution in [0.25, 0.3) is 0 Å². The SMILES string of the molecule is CCN(CC(F)(F)F)C1CCNCC1C. The van der Waals surface area contributed by atoms with Gasteiger partial charge in [-0.15, -0.1) is 0 Å². The number of nitrogens with zero attached hydrogens (tertiary/aromatic N) is 1. The van der Waals surface area contributed by atoms with Crippen molar-refractivity contribution in [2.24, 2.45) is 5.92 Å². The highest BCUT2D eigenvalue weighted by molar-refractivity contribution is 4.83. The lowest BCUT2D eigenvalue weighted by molar-refractivity contribution is -0.153. The molecule has 15 heavy (non-hydrogen) atoms. The van der Waals surface area contributed by atoms with Crippen LogP contribution in [0.1, 0.15) is 20.3 Å². The van der Waals surface area contributed by atoms with Crippen LogP contribution in [0, 0.1) is 5.92 Å². The van der Waals surface area contributed by atoms with Gasteiger partial charge in [0.05, 0.1) is 6.54 Å². The standard InChI is InChI=1S/C10H19F3N2/c1-3-15(7-10(11,12)13)9-4-5-14-6-8(9)2/h8-9,14H,3-7H2,1-2H3. The van der Waals surface area contributed by atoms with Crippen molar-refractivity contribution >= 4 is 0 Å². The third kappa shape index (κ3) is 3.99. The minimum atomic E-state index is -4.08. The zero-order valence-corrected chi connectivity index (χ0v) is 9.27. The first-order chi connectivity index (χ1) is 6.94. The van der Waals surface area contributed by atoms with Crippen LogP contribution in [0.3, 0.4) is 0 Å². The van der Waals surface area contributed by atoms with Crippen LogP contribution in [0.15, 0.2) is 0 Å². The average molecular weight is 224 g/mol. The quantitative estimate of drug-likeness (QED) is 0.787. The van der Waals surface area contributed by atoms with E-state index in [0.29, 0.717) is 12.5 Å². The molecule has 0 amide bonds. The predicted molar refractivity (Wildman–Crippen MR) is 53.7 cm³/mol. The molecule has 1 saturated heterocycles. The van der Waals surface area contributed by atoms with Gasteiger partial charge >= 0.3 is 6.18 Å². The molecule has 0 spiro atoms. The van der Waals surface area contributed by atoms with Crippen LogP contribution in [0.5, 0.6) is 0 Å². The van der Waals surface area contributed by atoms with E-state index in [-0.39, 0.29) is 6.04 Å². The van der Waals surface area contributed by atoms with E-state index in [1.54, 1.807) is 11.8 Å². The minimum absolute atomic E-state index is 0.0675. The van der Waals surface area contributed by atoms with Gasteiger partial charge in [-0.3, -0.25) is 4.90 Å². The number of nitrogens with one attached hydrogen (secondary N) is 1. The van der Waals surface area contributed by atoms with Crippen molar-refractivity contribution < 1.29 is 13.2 Å². The van der Waals surface area contributed by atoms with Crippen molar-refractivity contribution in [2.75, 3.05) is 26.2 Å². The van der Waals surface area contributed by atoms with Crippen LogP contribution in [0.2, 0.25) is 0 Å². The third-order valence-corrected chi connectivity index (χ3v) is 3.00. The molecule has 1 aliphatic heterocycles. The highest BCUT2D eigenvalue weighted by Gasteiger charge is 2.35. The second-order valence-electron chi connectivity index (χ2n) is 4.22. The molecule has 5 heteroatoms. The smallest absolute Gasteiger partial charge is 0.316 e. The second-order valence-corrected chi connectivity index (χ2v) is 4.22.